The Bertz CT molecular complexity index is 677. The minimum absolute atomic E-state index is 0.238. The van der Waals surface area contributed by atoms with Crippen molar-refractivity contribution in [3.8, 4) is 0 Å². The number of nitrogens with two attached hydrogens (primary N) is 1. The summed E-state index contributed by atoms with van der Waals surface area (Å²) in [7, 11) is -3.07. The number of hydrogen-bond donors (Lipinski definition) is 1. The van der Waals surface area contributed by atoms with Crippen LogP contribution in [0, 0.1) is 0 Å². The fourth-order valence-corrected chi connectivity index (χ4v) is 4.09. The second kappa shape index (κ2) is 3.43. The number of rotatable bonds is 1. The average molecular weight is 252 g/mol. The number of anilines is 1. The van der Waals surface area contributed by atoms with Crippen LogP contribution in [-0.4, -0.2) is 28.8 Å². The Morgan fingerprint density at radius 1 is 1.41 bits per heavy atom. The van der Waals surface area contributed by atoms with Gasteiger partial charge in [0.1, 0.15) is 5.25 Å². The monoisotopic (exact) mass is 252 g/mol. The molecule has 90 valence electrons. The fourth-order valence-electron chi connectivity index (χ4n) is 2.23. The average Bonchev–Trinajstić information content (AvgIpc) is 2.80. The standard InChI is InChI=1S/C10H12N4O2S/c11-7-3-4-14-9(6-7)12-13-10(14)8-2-1-5-17(8,15)16/h3-4,6,8H,1-2,5,11H2. The fraction of sp³-hybridized carbons (Fsp3) is 0.400. The van der Waals surface area contributed by atoms with Crippen molar-refractivity contribution in [2.24, 2.45) is 0 Å². The van der Waals surface area contributed by atoms with Gasteiger partial charge in [-0.05, 0) is 18.9 Å². The first-order valence-electron chi connectivity index (χ1n) is 5.40. The molecule has 2 N–H and O–H groups in total. The van der Waals surface area contributed by atoms with E-state index in [9.17, 15) is 8.42 Å². The van der Waals surface area contributed by atoms with Gasteiger partial charge in [-0.25, -0.2) is 8.42 Å². The first kappa shape index (κ1) is 10.5. The van der Waals surface area contributed by atoms with Crippen LogP contribution in [0.4, 0.5) is 5.69 Å². The number of sulfone groups is 1. The molecule has 6 nitrogen and oxygen atoms in total. The van der Waals surface area contributed by atoms with Crippen molar-refractivity contribution in [2.75, 3.05) is 11.5 Å². The van der Waals surface area contributed by atoms with Gasteiger partial charge in [-0.2, -0.15) is 0 Å². The lowest BCUT2D eigenvalue weighted by Crippen LogP contribution is -2.11. The predicted octanol–water partition coefficient (Wildman–Crippen LogP) is 0.561. The number of nitrogen functional groups attached to an aromatic ring is 1. The molecule has 0 spiro atoms. The molecule has 17 heavy (non-hydrogen) atoms. The van der Waals surface area contributed by atoms with Gasteiger partial charge in [-0.3, -0.25) is 4.40 Å². The molecule has 0 amide bonds. The molecule has 1 aliphatic rings. The molecule has 0 bridgehead atoms. The molecule has 7 heteroatoms. The van der Waals surface area contributed by atoms with Gasteiger partial charge < -0.3 is 5.73 Å². The topological polar surface area (TPSA) is 90.3 Å². The van der Waals surface area contributed by atoms with Gasteiger partial charge in [0.25, 0.3) is 0 Å². The summed E-state index contributed by atoms with van der Waals surface area (Å²) in [6, 6.07) is 3.39. The van der Waals surface area contributed by atoms with Crippen molar-refractivity contribution in [1.29, 1.82) is 0 Å². The summed E-state index contributed by atoms with van der Waals surface area (Å²) in [5.41, 5.74) is 6.81. The molecule has 3 rings (SSSR count). The van der Waals surface area contributed by atoms with Gasteiger partial charge in [0.2, 0.25) is 0 Å². The Labute approximate surface area is 98.4 Å². The smallest absolute Gasteiger partial charge is 0.162 e. The molecule has 1 atom stereocenters. The van der Waals surface area contributed by atoms with Crippen LogP contribution in [0.15, 0.2) is 18.3 Å². The van der Waals surface area contributed by atoms with Crippen molar-refractivity contribution < 1.29 is 8.42 Å². The molecule has 0 radical (unpaired) electrons. The van der Waals surface area contributed by atoms with Crippen LogP contribution in [-0.2, 0) is 9.84 Å². The summed E-state index contributed by atoms with van der Waals surface area (Å²) in [6.07, 6.45) is 3.03. The zero-order chi connectivity index (χ0) is 12.0. The molecule has 2 aromatic rings. The van der Waals surface area contributed by atoms with Crippen LogP contribution in [0.1, 0.15) is 23.9 Å². The SMILES string of the molecule is Nc1ccn2c(C3CCCS3(=O)=O)nnc2c1. The molecule has 0 saturated carbocycles. The third-order valence-electron chi connectivity index (χ3n) is 3.08. The number of hydrogen-bond acceptors (Lipinski definition) is 5. The highest BCUT2D eigenvalue weighted by Gasteiger charge is 2.36. The lowest BCUT2D eigenvalue weighted by molar-refractivity contribution is 0.588. The van der Waals surface area contributed by atoms with Crippen LogP contribution in [0.3, 0.4) is 0 Å². The molecule has 1 aliphatic heterocycles. The summed E-state index contributed by atoms with van der Waals surface area (Å²) in [6.45, 7) is 0. The van der Waals surface area contributed by atoms with E-state index in [1.165, 1.54) is 0 Å². The van der Waals surface area contributed by atoms with Crippen LogP contribution in [0.2, 0.25) is 0 Å². The molecular formula is C10H12N4O2S. The first-order valence-corrected chi connectivity index (χ1v) is 7.11. The number of nitrogens with zero attached hydrogens (tertiary/aromatic N) is 3. The number of fused-ring (bicyclic) bond motifs is 1. The van der Waals surface area contributed by atoms with E-state index in [1.54, 1.807) is 22.7 Å². The molecule has 0 aromatic carbocycles. The van der Waals surface area contributed by atoms with Crippen molar-refractivity contribution in [3.63, 3.8) is 0 Å². The molecule has 0 aliphatic carbocycles. The van der Waals surface area contributed by atoms with Gasteiger partial charge in [-0.1, -0.05) is 0 Å². The van der Waals surface area contributed by atoms with Crippen molar-refractivity contribution >= 4 is 21.2 Å². The van der Waals surface area contributed by atoms with Crippen LogP contribution < -0.4 is 5.73 Å². The Kier molecular flexibility index (Phi) is 2.12. The third kappa shape index (κ3) is 1.57. The van der Waals surface area contributed by atoms with E-state index in [1.807, 2.05) is 0 Å². The van der Waals surface area contributed by atoms with Gasteiger partial charge in [0.15, 0.2) is 21.3 Å². The van der Waals surface area contributed by atoms with E-state index in [0.29, 0.717) is 30.0 Å². The summed E-state index contributed by atoms with van der Waals surface area (Å²) in [5.74, 6) is 0.735. The van der Waals surface area contributed by atoms with E-state index in [0.717, 1.165) is 0 Å². The number of aromatic nitrogens is 3. The third-order valence-corrected chi connectivity index (χ3v) is 5.25. The highest BCUT2D eigenvalue weighted by atomic mass is 32.2. The Morgan fingerprint density at radius 3 is 2.94 bits per heavy atom. The number of pyridine rings is 1. The molecular weight excluding hydrogens is 240 g/mol. The highest BCUT2D eigenvalue weighted by Crippen LogP contribution is 2.33. The Morgan fingerprint density at radius 2 is 2.24 bits per heavy atom. The summed E-state index contributed by atoms with van der Waals surface area (Å²) >= 11 is 0. The van der Waals surface area contributed by atoms with E-state index >= 15 is 0 Å². The zero-order valence-corrected chi connectivity index (χ0v) is 9.89. The minimum Gasteiger partial charge on any atom is -0.399 e. The Hall–Kier alpha value is -1.63. The van der Waals surface area contributed by atoms with E-state index in [2.05, 4.69) is 10.2 Å². The second-order valence-electron chi connectivity index (χ2n) is 4.24. The molecule has 3 heterocycles. The Balaban J connectivity index is 2.19. The molecule has 2 aromatic heterocycles. The van der Waals surface area contributed by atoms with E-state index in [4.69, 9.17) is 5.73 Å². The van der Waals surface area contributed by atoms with Gasteiger partial charge in [0.05, 0.1) is 5.75 Å². The second-order valence-corrected chi connectivity index (χ2v) is 6.55. The minimum atomic E-state index is -3.07. The largest absolute Gasteiger partial charge is 0.399 e. The maximum absolute atomic E-state index is 11.9. The van der Waals surface area contributed by atoms with E-state index in [-0.39, 0.29) is 5.75 Å². The van der Waals surface area contributed by atoms with Gasteiger partial charge in [-0.15, -0.1) is 10.2 Å². The highest BCUT2D eigenvalue weighted by molar-refractivity contribution is 7.91. The first-order chi connectivity index (χ1) is 8.08. The summed E-state index contributed by atoms with van der Waals surface area (Å²) in [5, 5.41) is 7.42. The maximum atomic E-state index is 11.9. The summed E-state index contributed by atoms with van der Waals surface area (Å²) < 4.78 is 25.4. The molecule has 1 saturated heterocycles. The van der Waals surface area contributed by atoms with Crippen LogP contribution >= 0.6 is 0 Å². The quantitative estimate of drug-likeness (QED) is 0.801. The summed E-state index contributed by atoms with van der Waals surface area (Å²) in [4.78, 5) is 0. The lowest BCUT2D eigenvalue weighted by Gasteiger charge is -2.06. The normalized spacial score (nSPS) is 23.2. The molecule has 1 unspecified atom stereocenters. The maximum Gasteiger partial charge on any atom is 0.162 e. The van der Waals surface area contributed by atoms with Crippen molar-refractivity contribution in [2.45, 2.75) is 18.1 Å². The predicted molar refractivity (Wildman–Crippen MR) is 63.2 cm³/mol. The van der Waals surface area contributed by atoms with Gasteiger partial charge >= 0.3 is 0 Å². The van der Waals surface area contributed by atoms with Crippen LogP contribution in [0.25, 0.3) is 5.65 Å². The molecule has 1 fully saturated rings. The van der Waals surface area contributed by atoms with E-state index < -0.39 is 15.1 Å². The van der Waals surface area contributed by atoms with Crippen LogP contribution in [0.5, 0.6) is 0 Å². The van der Waals surface area contributed by atoms with Crippen molar-refractivity contribution in [3.05, 3.63) is 24.2 Å². The lowest BCUT2D eigenvalue weighted by atomic mass is 10.2. The van der Waals surface area contributed by atoms with Crippen molar-refractivity contribution in [1.82, 2.24) is 14.6 Å². The van der Waals surface area contributed by atoms with Gasteiger partial charge in [0, 0.05) is 18.0 Å². The zero-order valence-electron chi connectivity index (χ0n) is 9.07.